The fourth-order valence-corrected chi connectivity index (χ4v) is 1.70. The minimum absolute atomic E-state index is 0.0498. The lowest BCUT2D eigenvalue weighted by atomic mass is 10.1. The fourth-order valence-electron chi connectivity index (χ4n) is 1.46. The Morgan fingerprint density at radius 3 is 2.50 bits per heavy atom. The van der Waals surface area contributed by atoms with Gasteiger partial charge in [-0.05, 0) is 18.6 Å². The zero-order chi connectivity index (χ0) is 15.3. The van der Waals surface area contributed by atoms with Gasteiger partial charge in [0.1, 0.15) is 12.4 Å². The SMILES string of the molecule is NC(COCC(F)(F)C(F)F)Cc1c(F)cccc1Cl. The third-order valence-electron chi connectivity index (χ3n) is 2.47. The van der Waals surface area contributed by atoms with Gasteiger partial charge in [0.15, 0.2) is 0 Å². The van der Waals surface area contributed by atoms with Crippen molar-refractivity contribution in [1.29, 1.82) is 0 Å². The van der Waals surface area contributed by atoms with Crippen molar-refractivity contribution in [2.45, 2.75) is 24.8 Å². The van der Waals surface area contributed by atoms with Gasteiger partial charge in [0.05, 0.1) is 6.61 Å². The number of hydrogen-bond acceptors (Lipinski definition) is 2. The normalized spacial score (nSPS) is 13.8. The molecule has 0 bridgehead atoms. The average molecular weight is 318 g/mol. The molecule has 0 heterocycles. The third-order valence-corrected chi connectivity index (χ3v) is 2.83. The Bertz CT molecular complexity index is 424. The monoisotopic (exact) mass is 317 g/mol. The van der Waals surface area contributed by atoms with E-state index < -0.39 is 37.4 Å². The van der Waals surface area contributed by atoms with E-state index in [0.717, 1.165) is 0 Å². The Labute approximate surface area is 117 Å². The summed E-state index contributed by atoms with van der Waals surface area (Å²) in [6.45, 7) is -1.85. The van der Waals surface area contributed by atoms with Gasteiger partial charge in [-0.2, -0.15) is 8.78 Å². The van der Waals surface area contributed by atoms with E-state index in [9.17, 15) is 22.0 Å². The summed E-state index contributed by atoms with van der Waals surface area (Å²) < 4.78 is 66.7. The molecule has 0 aliphatic heterocycles. The first kappa shape index (κ1) is 17.1. The Morgan fingerprint density at radius 2 is 1.95 bits per heavy atom. The maximum Gasteiger partial charge on any atom is 0.330 e. The molecule has 2 N–H and O–H groups in total. The maximum atomic E-state index is 13.4. The number of rotatable bonds is 7. The van der Waals surface area contributed by atoms with E-state index in [0.29, 0.717) is 0 Å². The van der Waals surface area contributed by atoms with Crippen molar-refractivity contribution in [3.8, 4) is 0 Å². The van der Waals surface area contributed by atoms with Crippen molar-refractivity contribution in [2.75, 3.05) is 13.2 Å². The highest BCUT2D eigenvalue weighted by Crippen LogP contribution is 2.23. The largest absolute Gasteiger partial charge is 0.373 e. The summed E-state index contributed by atoms with van der Waals surface area (Å²) >= 11 is 5.77. The number of benzene rings is 1. The third kappa shape index (κ3) is 4.88. The summed E-state index contributed by atoms with van der Waals surface area (Å²) in [5, 5.41) is 0.151. The summed E-state index contributed by atoms with van der Waals surface area (Å²) in [6, 6.07) is 3.21. The molecule has 0 aliphatic rings. The first-order chi connectivity index (χ1) is 9.24. The van der Waals surface area contributed by atoms with Crippen molar-refractivity contribution in [3.05, 3.63) is 34.6 Å². The molecule has 20 heavy (non-hydrogen) atoms. The van der Waals surface area contributed by atoms with Crippen molar-refractivity contribution in [3.63, 3.8) is 0 Å². The smallest absolute Gasteiger partial charge is 0.330 e. The summed E-state index contributed by atoms with van der Waals surface area (Å²) in [5.74, 6) is -4.80. The van der Waals surface area contributed by atoms with Gasteiger partial charge in [0.25, 0.3) is 0 Å². The van der Waals surface area contributed by atoms with E-state index in [1.54, 1.807) is 0 Å². The van der Waals surface area contributed by atoms with Crippen LogP contribution in [-0.4, -0.2) is 31.6 Å². The van der Waals surface area contributed by atoms with Crippen molar-refractivity contribution in [1.82, 2.24) is 0 Å². The standard InChI is InChI=1S/C12H13ClF5NO/c13-9-2-1-3-10(14)8(9)4-7(19)5-20-6-12(17,18)11(15)16/h1-3,7,11H,4-6,19H2. The molecule has 0 saturated heterocycles. The Hall–Kier alpha value is -0.920. The Morgan fingerprint density at radius 1 is 1.30 bits per heavy atom. The van der Waals surface area contributed by atoms with Gasteiger partial charge in [-0.3, -0.25) is 0 Å². The molecule has 0 amide bonds. The number of alkyl halides is 4. The number of hydrogen-bond donors (Lipinski definition) is 1. The van der Waals surface area contributed by atoms with Gasteiger partial charge in [-0.15, -0.1) is 0 Å². The second-order valence-corrected chi connectivity index (χ2v) is 4.65. The molecule has 0 spiro atoms. The summed E-state index contributed by atoms with van der Waals surface area (Å²) in [4.78, 5) is 0. The molecule has 1 aromatic rings. The molecule has 1 unspecified atom stereocenters. The van der Waals surface area contributed by atoms with Crippen LogP contribution in [0.3, 0.4) is 0 Å². The minimum Gasteiger partial charge on any atom is -0.373 e. The van der Waals surface area contributed by atoms with Crippen LogP contribution in [0.4, 0.5) is 22.0 Å². The Kier molecular flexibility index (Phi) is 6.16. The van der Waals surface area contributed by atoms with Crippen molar-refractivity contribution in [2.24, 2.45) is 5.73 Å². The average Bonchev–Trinajstić information content (AvgIpc) is 2.33. The van der Waals surface area contributed by atoms with Gasteiger partial charge < -0.3 is 10.5 Å². The van der Waals surface area contributed by atoms with Gasteiger partial charge in [0.2, 0.25) is 0 Å². The zero-order valence-corrected chi connectivity index (χ0v) is 11.0. The van der Waals surface area contributed by atoms with Gasteiger partial charge in [-0.25, -0.2) is 13.2 Å². The molecule has 0 radical (unpaired) electrons. The van der Waals surface area contributed by atoms with Gasteiger partial charge in [0, 0.05) is 16.6 Å². The first-order valence-corrected chi connectivity index (χ1v) is 6.04. The summed E-state index contributed by atoms with van der Waals surface area (Å²) in [5.41, 5.74) is 5.70. The molecule has 0 saturated carbocycles. The van der Waals surface area contributed by atoms with Crippen LogP contribution in [0.15, 0.2) is 18.2 Å². The molecule has 1 aromatic carbocycles. The quantitative estimate of drug-likeness (QED) is 0.783. The fraction of sp³-hybridized carbons (Fsp3) is 0.500. The molecule has 114 valence electrons. The maximum absolute atomic E-state index is 13.4. The van der Waals surface area contributed by atoms with Crippen LogP contribution in [0.5, 0.6) is 0 Å². The number of halogens is 6. The molecule has 0 fully saturated rings. The molecule has 1 atom stereocenters. The van der Waals surface area contributed by atoms with E-state index in [4.69, 9.17) is 17.3 Å². The van der Waals surface area contributed by atoms with Crippen LogP contribution in [0.2, 0.25) is 5.02 Å². The second-order valence-electron chi connectivity index (χ2n) is 4.24. The molecule has 2 nitrogen and oxygen atoms in total. The molecular formula is C12H13ClF5NO. The predicted molar refractivity (Wildman–Crippen MR) is 64.9 cm³/mol. The van der Waals surface area contributed by atoms with E-state index in [2.05, 4.69) is 4.74 Å². The minimum atomic E-state index is -4.23. The van der Waals surface area contributed by atoms with Gasteiger partial charge in [-0.1, -0.05) is 17.7 Å². The van der Waals surface area contributed by atoms with E-state index in [1.807, 2.05) is 0 Å². The van der Waals surface area contributed by atoms with E-state index in [1.165, 1.54) is 18.2 Å². The highest BCUT2D eigenvalue weighted by molar-refractivity contribution is 6.31. The molecule has 0 aromatic heterocycles. The van der Waals surface area contributed by atoms with Crippen LogP contribution in [-0.2, 0) is 11.2 Å². The number of nitrogens with two attached hydrogens (primary N) is 1. The molecule has 8 heteroatoms. The van der Waals surface area contributed by atoms with Crippen LogP contribution in [0.1, 0.15) is 5.56 Å². The molecule has 0 aliphatic carbocycles. The Balaban J connectivity index is 2.47. The van der Waals surface area contributed by atoms with E-state index in [-0.39, 0.29) is 17.0 Å². The van der Waals surface area contributed by atoms with Crippen LogP contribution in [0.25, 0.3) is 0 Å². The highest BCUT2D eigenvalue weighted by atomic mass is 35.5. The van der Waals surface area contributed by atoms with E-state index >= 15 is 0 Å². The first-order valence-electron chi connectivity index (χ1n) is 5.66. The number of ether oxygens (including phenoxy) is 1. The van der Waals surface area contributed by atoms with Crippen molar-refractivity contribution >= 4 is 11.6 Å². The summed E-state index contributed by atoms with van der Waals surface area (Å²) in [6.07, 6.45) is -3.86. The zero-order valence-electron chi connectivity index (χ0n) is 10.3. The lowest BCUT2D eigenvalue weighted by molar-refractivity contribution is -0.166. The van der Waals surface area contributed by atoms with Crippen LogP contribution >= 0.6 is 11.6 Å². The summed E-state index contributed by atoms with van der Waals surface area (Å²) in [7, 11) is 0. The van der Waals surface area contributed by atoms with Crippen molar-refractivity contribution < 1.29 is 26.7 Å². The predicted octanol–water partition coefficient (Wildman–Crippen LogP) is 3.27. The highest BCUT2D eigenvalue weighted by Gasteiger charge is 2.41. The lowest BCUT2D eigenvalue weighted by Gasteiger charge is -2.18. The molecular weight excluding hydrogens is 305 g/mol. The molecule has 1 rings (SSSR count). The lowest BCUT2D eigenvalue weighted by Crippen LogP contribution is -2.36. The van der Waals surface area contributed by atoms with Crippen LogP contribution in [0, 0.1) is 5.82 Å². The van der Waals surface area contributed by atoms with Crippen LogP contribution < -0.4 is 5.73 Å². The second kappa shape index (κ2) is 7.19. The van der Waals surface area contributed by atoms with Gasteiger partial charge >= 0.3 is 12.3 Å². The topological polar surface area (TPSA) is 35.2 Å².